The van der Waals surface area contributed by atoms with Crippen LogP contribution in [0.15, 0.2) is 121 Å². The topological polar surface area (TPSA) is 9.86 Å². The van der Waals surface area contributed by atoms with E-state index < -0.39 is 0 Å². The van der Waals surface area contributed by atoms with E-state index in [9.17, 15) is 0 Å². The minimum Gasteiger partial charge on any atom is -0.375 e. The number of hydrogen-bond donors (Lipinski definition) is 0. The first-order chi connectivity index (χ1) is 25.3. The van der Waals surface area contributed by atoms with Crippen molar-refractivity contribution in [2.24, 2.45) is 0 Å². The van der Waals surface area contributed by atoms with Crippen LogP contribution in [0.2, 0.25) is 0 Å². The Balaban J connectivity index is 1.44. The van der Waals surface area contributed by atoms with Crippen molar-refractivity contribution in [2.75, 3.05) is 0 Å². The number of aromatic nitrogens is 2. The van der Waals surface area contributed by atoms with Gasteiger partial charge in [0.05, 0.1) is 0 Å². The molecule has 0 N–H and O–H groups in total. The molecule has 0 fully saturated rings. The Morgan fingerprint density at radius 3 is 1.15 bits per heavy atom. The first kappa shape index (κ1) is 29.9. The maximum atomic E-state index is 2.72. The Hall–Kier alpha value is -5.73. The molecule has 0 aliphatic carbocycles. The van der Waals surface area contributed by atoms with Gasteiger partial charge in [-0.15, -0.1) is 0 Å². The van der Waals surface area contributed by atoms with Gasteiger partial charge in [-0.05, 0) is 86.7 Å². The molecule has 0 unspecified atom stereocenters. The van der Waals surface area contributed by atoms with Crippen molar-refractivity contribution < 1.29 is 0 Å². The Kier molecular flexibility index (Phi) is 6.00. The van der Waals surface area contributed by atoms with E-state index in [1.165, 1.54) is 121 Å². The van der Waals surface area contributed by atoms with Gasteiger partial charge in [-0.2, -0.15) is 0 Å². The van der Waals surface area contributed by atoms with Crippen molar-refractivity contribution >= 4 is 79.2 Å². The van der Waals surface area contributed by atoms with Crippen LogP contribution < -0.4 is 21.9 Å². The number of hydrogen-bond acceptors (Lipinski definition) is 0. The zero-order chi connectivity index (χ0) is 35.2. The molecule has 4 heterocycles. The molecule has 0 atom stereocenters. The van der Waals surface area contributed by atoms with Gasteiger partial charge in [0, 0.05) is 54.7 Å². The molecule has 0 radical (unpaired) electrons. The van der Waals surface area contributed by atoms with Crippen molar-refractivity contribution in [1.82, 2.24) is 8.96 Å². The summed E-state index contributed by atoms with van der Waals surface area (Å²) in [5, 5.41) is 5.38. The average molecular weight is 664 g/mol. The van der Waals surface area contributed by atoms with Crippen molar-refractivity contribution in [2.45, 2.75) is 41.5 Å². The molecule has 52 heavy (non-hydrogen) atoms. The van der Waals surface area contributed by atoms with Gasteiger partial charge in [-0.25, -0.2) is 0 Å². The monoisotopic (exact) mass is 664 g/mol. The summed E-state index contributed by atoms with van der Waals surface area (Å²) in [6.45, 7) is 13.8. The largest absolute Gasteiger partial charge is 0.375 e. The van der Waals surface area contributed by atoms with E-state index in [0.29, 0.717) is 0 Å². The summed E-state index contributed by atoms with van der Waals surface area (Å²) in [5.41, 5.74) is 24.3. The molecule has 2 aliphatic heterocycles. The number of rotatable bonds is 2. The number of fused-ring (bicyclic) bond motifs is 12. The van der Waals surface area contributed by atoms with E-state index in [-0.39, 0.29) is 13.7 Å². The Labute approximate surface area is 305 Å². The van der Waals surface area contributed by atoms with Crippen molar-refractivity contribution in [1.29, 1.82) is 0 Å². The van der Waals surface area contributed by atoms with E-state index in [1.807, 2.05) is 0 Å². The fourth-order valence-corrected chi connectivity index (χ4v) is 10.8. The van der Waals surface area contributed by atoms with Crippen molar-refractivity contribution in [3.05, 3.63) is 155 Å². The molecule has 2 nitrogen and oxygen atoms in total. The minimum atomic E-state index is 0.0501. The molecule has 0 saturated heterocycles. The number of benzene rings is 7. The lowest BCUT2D eigenvalue weighted by Crippen LogP contribution is -2.53. The highest BCUT2D eigenvalue weighted by Crippen LogP contribution is 2.52. The fourth-order valence-electron chi connectivity index (χ4n) is 10.8. The summed E-state index contributed by atoms with van der Waals surface area (Å²) in [6, 6.07) is 46.4. The highest BCUT2D eigenvalue weighted by atomic mass is 15.0. The van der Waals surface area contributed by atoms with E-state index in [2.05, 4.69) is 172 Å². The lowest BCUT2D eigenvalue weighted by atomic mass is 9.45. The fraction of sp³-hybridized carbons (Fsp3) is 0.125. The van der Waals surface area contributed by atoms with E-state index in [4.69, 9.17) is 0 Å². The second-order valence-corrected chi connectivity index (χ2v) is 15.6. The molecule has 0 spiro atoms. The molecule has 0 amide bonds. The van der Waals surface area contributed by atoms with Crippen LogP contribution in [-0.4, -0.2) is 22.7 Å². The summed E-state index contributed by atoms with van der Waals surface area (Å²) in [5.74, 6) is 0. The lowest BCUT2D eigenvalue weighted by molar-refractivity contribution is 1.29. The van der Waals surface area contributed by atoms with Crippen LogP contribution in [0.25, 0.3) is 65.9 Å². The smallest absolute Gasteiger partial charge is 0.329 e. The Bertz CT molecular complexity index is 2800. The summed E-state index contributed by atoms with van der Waals surface area (Å²) < 4.78 is 5.44. The first-order valence-electron chi connectivity index (χ1n) is 18.7. The highest BCUT2D eigenvalue weighted by molar-refractivity contribution is 6.89. The van der Waals surface area contributed by atoms with Crippen molar-refractivity contribution in [3.8, 4) is 22.3 Å². The maximum absolute atomic E-state index is 2.72. The summed E-state index contributed by atoms with van der Waals surface area (Å²) >= 11 is 0. The first-order valence-corrected chi connectivity index (χ1v) is 18.7. The number of nitrogens with zero attached hydrogens (tertiary/aromatic N) is 2. The van der Waals surface area contributed by atoms with E-state index >= 15 is 0 Å². The molecule has 4 heteroatoms. The molecule has 11 rings (SSSR count). The minimum absolute atomic E-state index is 0.0501. The maximum Gasteiger partial charge on any atom is 0.329 e. The van der Waals surface area contributed by atoms with Crippen LogP contribution in [0.3, 0.4) is 0 Å². The third-order valence-corrected chi connectivity index (χ3v) is 12.4. The van der Waals surface area contributed by atoms with Gasteiger partial charge in [-0.3, -0.25) is 0 Å². The second kappa shape index (κ2) is 10.4. The van der Waals surface area contributed by atoms with Gasteiger partial charge in [-0.1, -0.05) is 143 Å². The average Bonchev–Trinajstić information content (AvgIpc) is 3.65. The molecule has 0 bridgehead atoms. The number of para-hydroxylation sites is 2. The second-order valence-electron chi connectivity index (χ2n) is 15.6. The quantitative estimate of drug-likeness (QED) is 0.163. The predicted octanol–water partition coefficient (Wildman–Crippen LogP) is 9.02. The Morgan fingerprint density at radius 1 is 0.404 bits per heavy atom. The van der Waals surface area contributed by atoms with Gasteiger partial charge >= 0.3 is 13.7 Å². The van der Waals surface area contributed by atoms with E-state index in [0.717, 1.165) is 0 Å². The van der Waals surface area contributed by atoms with Crippen LogP contribution >= 0.6 is 0 Å². The summed E-state index contributed by atoms with van der Waals surface area (Å²) in [4.78, 5) is 0. The molecule has 246 valence electrons. The SMILES string of the molecule is Cc1cc(C)c(B2c3ccccc3-c3c4c5ccccc5n5c4c(c4c6ccccc6n2c34)-c2ccccc2B5c2c(C)cc(C)cc2C)c(C)c1. The van der Waals surface area contributed by atoms with E-state index in [1.54, 1.807) is 0 Å². The van der Waals surface area contributed by atoms with Crippen LogP contribution in [0.4, 0.5) is 0 Å². The van der Waals surface area contributed by atoms with Gasteiger partial charge in [0.1, 0.15) is 0 Å². The van der Waals surface area contributed by atoms with Crippen LogP contribution in [0, 0.1) is 41.5 Å². The predicted molar refractivity (Wildman–Crippen MR) is 225 cm³/mol. The third-order valence-electron chi connectivity index (χ3n) is 12.4. The molecule has 0 saturated carbocycles. The Morgan fingerprint density at radius 2 is 0.750 bits per heavy atom. The number of aryl methyl sites for hydroxylation is 6. The van der Waals surface area contributed by atoms with Gasteiger partial charge in [0.15, 0.2) is 0 Å². The lowest BCUT2D eigenvalue weighted by Gasteiger charge is -2.33. The normalized spacial score (nSPS) is 13.1. The summed E-state index contributed by atoms with van der Waals surface area (Å²) in [6.07, 6.45) is 0. The zero-order valence-electron chi connectivity index (χ0n) is 30.6. The molecule has 9 aromatic rings. The highest BCUT2D eigenvalue weighted by Gasteiger charge is 2.42. The third kappa shape index (κ3) is 3.67. The molecule has 2 aromatic heterocycles. The van der Waals surface area contributed by atoms with Crippen LogP contribution in [-0.2, 0) is 0 Å². The van der Waals surface area contributed by atoms with Crippen LogP contribution in [0.1, 0.15) is 33.4 Å². The zero-order valence-corrected chi connectivity index (χ0v) is 30.6. The molecule has 2 aliphatic rings. The van der Waals surface area contributed by atoms with Gasteiger partial charge < -0.3 is 8.96 Å². The summed E-state index contributed by atoms with van der Waals surface area (Å²) in [7, 11) is 0. The van der Waals surface area contributed by atoms with Gasteiger partial charge in [0.2, 0.25) is 0 Å². The molecular weight excluding hydrogens is 626 g/mol. The van der Waals surface area contributed by atoms with Gasteiger partial charge in [0.25, 0.3) is 0 Å². The molecular formula is C48H38B2N2. The molecule has 7 aromatic carbocycles. The van der Waals surface area contributed by atoms with Crippen LogP contribution in [0.5, 0.6) is 0 Å². The van der Waals surface area contributed by atoms with Crippen molar-refractivity contribution in [3.63, 3.8) is 0 Å². The standard InChI is InChI=1S/C48H38B2N2/c1-27-23-29(3)45(30(4)24-27)49-37-19-11-7-15-33(37)41-44-36-18-10-14-22-40(36)52-48(44)42(43-35-17-9-13-21-39(35)51(49)47(41)43)34-16-8-12-20-38(34)50(52)46-31(5)25-28(2)26-32(46)6/h7-26H,1-6H3.